The number of aliphatic carboxylic acids is 3. The molecule has 291 valence electrons. The number of amides is 2. The SMILES string of the molecule is C[C@H](NC(=O)C(CN1CCN(CC(=O)[O-])CCN(CC(=O)[O-])CCN(CC(=O)[O-])CC1)NC(=O)C(N)Cc1cc(I)c(O)c(I)c1)c1ccccc1.[Gd+3]. The van der Waals surface area contributed by atoms with Crippen molar-refractivity contribution in [3.63, 3.8) is 0 Å². The summed E-state index contributed by atoms with van der Waals surface area (Å²) in [6, 6.07) is 10.1. The maximum atomic E-state index is 13.9. The van der Waals surface area contributed by atoms with Gasteiger partial charge in [0.05, 0.1) is 37.1 Å². The van der Waals surface area contributed by atoms with E-state index in [1.165, 1.54) is 0 Å². The number of nitrogens with two attached hydrogens (primary N) is 1. The molecule has 1 aliphatic heterocycles. The number of halogens is 2. The first kappa shape index (κ1) is 47.3. The summed E-state index contributed by atoms with van der Waals surface area (Å²) in [6.07, 6.45) is 0.127. The number of hydrogen-bond acceptors (Lipinski definition) is 14. The average Bonchev–Trinajstić information content (AvgIpc) is 3.07. The molecule has 0 aromatic heterocycles. The van der Waals surface area contributed by atoms with Gasteiger partial charge in [-0.2, -0.15) is 0 Å². The molecule has 1 radical (unpaired) electrons. The molecule has 0 saturated carbocycles. The van der Waals surface area contributed by atoms with Crippen molar-refractivity contribution >= 4 is 74.9 Å². The summed E-state index contributed by atoms with van der Waals surface area (Å²) in [4.78, 5) is 68.6. The smallest absolute Gasteiger partial charge is 0.549 e. The molecule has 0 bridgehead atoms. The van der Waals surface area contributed by atoms with Gasteiger partial charge in [0.2, 0.25) is 11.8 Å². The second-order valence-electron chi connectivity index (χ2n) is 12.7. The Morgan fingerprint density at radius 3 is 1.57 bits per heavy atom. The number of nitrogens with one attached hydrogen (secondary N) is 2. The first-order valence-corrected chi connectivity index (χ1v) is 18.8. The zero-order valence-corrected chi connectivity index (χ0v) is 35.7. The van der Waals surface area contributed by atoms with Gasteiger partial charge >= 0.3 is 39.9 Å². The molecule has 3 atom stereocenters. The Hall–Kier alpha value is -1.83. The van der Waals surface area contributed by atoms with E-state index in [1.807, 2.05) is 87.3 Å². The fraction of sp³-hybridized carbons (Fsp3) is 0.500. The van der Waals surface area contributed by atoms with E-state index in [9.17, 15) is 44.4 Å². The first-order valence-electron chi connectivity index (χ1n) is 16.7. The minimum atomic E-state index is -1.32. The molecule has 0 aliphatic carbocycles. The molecule has 53 heavy (non-hydrogen) atoms. The predicted molar refractivity (Wildman–Crippen MR) is 201 cm³/mol. The van der Waals surface area contributed by atoms with Gasteiger partial charge in [-0.25, -0.2) is 0 Å². The van der Waals surface area contributed by atoms with Gasteiger partial charge in [0, 0.05) is 78.5 Å². The molecule has 2 aromatic rings. The van der Waals surface area contributed by atoms with Crippen molar-refractivity contribution in [1.29, 1.82) is 0 Å². The van der Waals surface area contributed by atoms with E-state index in [0.29, 0.717) is 7.14 Å². The van der Waals surface area contributed by atoms with Crippen LogP contribution in [0.15, 0.2) is 42.5 Å². The number of carboxylic acid groups (broad SMARTS) is 3. The van der Waals surface area contributed by atoms with E-state index < -0.39 is 67.5 Å². The molecule has 1 fully saturated rings. The predicted octanol–water partition coefficient (Wildman–Crippen LogP) is -3.70. The van der Waals surface area contributed by atoms with Gasteiger partial charge in [-0.3, -0.25) is 29.2 Å². The third kappa shape index (κ3) is 17.2. The van der Waals surface area contributed by atoms with Gasteiger partial charge in [0.15, 0.2) is 0 Å². The number of nitrogens with zero attached hydrogens (tertiary/aromatic N) is 4. The number of phenols is 1. The first-order chi connectivity index (χ1) is 24.6. The summed E-state index contributed by atoms with van der Waals surface area (Å²) >= 11 is 3.98. The van der Waals surface area contributed by atoms with Gasteiger partial charge in [0.25, 0.3) is 0 Å². The molecule has 5 N–H and O–H groups in total. The Bertz CT molecular complexity index is 1490. The van der Waals surface area contributed by atoms with Crippen LogP contribution in [0.3, 0.4) is 0 Å². The van der Waals surface area contributed by atoms with Gasteiger partial charge < -0.3 is 51.2 Å². The molecular weight excluding hydrogens is 1060 g/mol. The summed E-state index contributed by atoms with van der Waals surface area (Å²) in [5.74, 6) is -4.92. The molecule has 16 nitrogen and oxygen atoms in total. The fourth-order valence-electron chi connectivity index (χ4n) is 5.74. The minimum absolute atomic E-state index is 0. The van der Waals surface area contributed by atoms with Crippen molar-refractivity contribution in [2.75, 3.05) is 78.5 Å². The standard InChI is InChI=1S/C34H47I2N7O9.Gd/c1-22(24-5-3-2-4-6-24)38-34(52)28(39-33(51)27(37)17-23-15-25(35)32(50)26(36)16-23)18-40-7-9-41(19-29(44)45)11-13-43(21-31(48)49)14-12-42(10-8-40)20-30(46)47;/h2-6,15-16,22,27-28,50H,7-14,17-21,37H2,1H3,(H,38,52)(H,39,51)(H,44,45)(H,46,47)(H,48,49);/q;+3/p-3/t22-,27?,28?;/m0./s1. The van der Waals surface area contributed by atoms with E-state index in [0.717, 1.165) is 11.1 Å². The van der Waals surface area contributed by atoms with Gasteiger partial charge in [-0.15, -0.1) is 0 Å². The van der Waals surface area contributed by atoms with Gasteiger partial charge in [-0.1, -0.05) is 30.3 Å². The topological polar surface area (TPSA) is 238 Å². The normalized spacial score (nSPS) is 17.2. The Balaban J connectivity index is 0.00000972. The molecule has 2 aromatic carbocycles. The quantitative estimate of drug-likeness (QED) is 0.126. The Kier molecular flexibility index (Phi) is 21.4. The van der Waals surface area contributed by atoms with Crippen LogP contribution in [0, 0.1) is 47.1 Å². The second kappa shape index (κ2) is 24.0. The Labute approximate surface area is 368 Å². The number of carbonyl (C=O) groups excluding carboxylic acids is 5. The molecule has 19 heteroatoms. The fourth-order valence-corrected chi connectivity index (χ4v) is 7.63. The van der Waals surface area contributed by atoms with E-state index in [4.69, 9.17) is 5.73 Å². The maximum absolute atomic E-state index is 13.9. The number of carbonyl (C=O) groups is 5. The molecule has 0 spiro atoms. The van der Waals surface area contributed by atoms with Crippen LogP contribution in [-0.2, 0) is 30.4 Å². The Morgan fingerprint density at radius 1 is 0.736 bits per heavy atom. The molecule has 1 saturated heterocycles. The van der Waals surface area contributed by atoms with Crippen LogP contribution in [0.4, 0.5) is 0 Å². The van der Waals surface area contributed by atoms with Crippen LogP contribution < -0.4 is 31.7 Å². The molecule has 1 heterocycles. The largest absolute Gasteiger partial charge is 3.00 e. The number of hydrogen-bond donors (Lipinski definition) is 4. The van der Waals surface area contributed by atoms with Crippen molar-refractivity contribution < 1.29 is 84.3 Å². The monoisotopic (exact) mass is 1110 g/mol. The van der Waals surface area contributed by atoms with E-state index >= 15 is 0 Å². The maximum Gasteiger partial charge on any atom is 3.00 e. The van der Waals surface area contributed by atoms with Crippen molar-refractivity contribution in [2.45, 2.75) is 31.5 Å². The summed E-state index contributed by atoms with van der Waals surface area (Å²) < 4.78 is 1.20. The van der Waals surface area contributed by atoms with Crippen molar-refractivity contribution in [3.8, 4) is 5.75 Å². The average molecular weight is 1110 g/mol. The zero-order valence-electron chi connectivity index (χ0n) is 29.2. The molecule has 1 aliphatic rings. The van der Waals surface area contributed by atoms with Crippen LogP contribution in [0.2, 0.25) is 0 Å². The van der Waals surface area contributed by atoms with Gasteiger partial charge in [0.1, 0.15) is 11.8 Å². The second-order valence-corrected chi connectivity index (χ2v) is 15.0. The molecule has 3 rings (SSSR count). The number of rotatable bonds is 15. The molecular formula is C34H44GdI2N7O9. The van der Waals surface area contributed by atoms with Crippen LogP contribution in [0.25, 0.3) is 0 Å². The van der Waals surface area contributed by atoms with Crippen LogP contribution in [0.5, 0.6) is 5.75 Å². The summed E-state index contributed by atoms with van der Waals surface area (Å²) in [6.45, 7) is 1.91. The molecule has 2 unspecified atom stereocenters. The number of aromatic hydroxyl groups is 1. The van der Waals surface area contributed by atoms with Crippen LogP contribution in [0.1, 0.15) is 24.1 Å². The summed E-state index contributed by atoms with van der Waals surface area (Å²) in [5.41, 5.74) is 7.90. The van der Waals surface area contributed by atoms with Crippen molar-refractivity contribution in [1.82, 2.24) is 30.2 Å². The van der Waals surface area contributed by atoms with Crippen LogP contribution >= 0.6 is 45.2 Å². The van der Waals surface area contributed by atoms with Crippen molar-refractivity contribution in [2.24, 2.45) is 5.73 Å². The van der Waals surface area contributed by atoms with E-state index in [-0.39, 0.29) is 111 Å². The number of phenolic OH excluding ortho intramolecular Hbond substituents is 1. The zero-order chi connectivity index (χ0) is 38.4. The van der Waals surface area contributed by atoms with Gasteiger partial charge in [-0.05, 0) is 81.8 Å². The number of carboxylic acids is 3. The third-order valence-corrected chi connectivity index (χ3v) is 10.2. The number of benzene rings is 2. The van der Waals surface area contributed by atoms with Crippen molar-refractivity contribution in [3.05, 3.63) is 60.7 Å². The summed E-state index contributed by atoms with van der Waals surface area (Å²) in [5, 5.41) is 50.5. The van der Waals surface area contributed by atoms with E-state index in [2.05, 4.69) is 10.6 Å². The summed E-state index contributed by atoms with van der Waals surface area (Å²) in [7, 11) is 0. The van der Waals surface area contributed by atoms with E-state index in [1.54, 1.807) is 26.8 Å². The third-order valence-electron chi connectivity index (χ3n) is 8.59. The molecule has 2 amide bonds. The Morgan fingerprint density at radius 2 is 1.15 bits per heavy atom. The minimum Gasteiger partial charge on any atom is -0.549 e. The van der Waals surface area contributed by atoms with Crippen LogP contribution in [-0.4, -0.2) is 145 Å².